The molecule has 0 unspecified atom stereocenters. The smallest absolute Gasteiger partial charge is 0.336 e. The van der Waals surface area contributed by atoms with Crippen molar-refractivity contribution in [3.63, 3.8) is 0 Å². The van der Waals surface area contributed by atoms with E-state index in [2.05, 4.69) is 5.32 Å². The van der Waals surface area contributed by atoms with Crippen LogP contribution in [0.25, 0.3) is 0 Å². The number of carboxylic acid groups (broad SMARTS) is 1. The minimum Gasteiger partial charge on any atom is -0.478 e. The molecular formula is C11H13NO2. The fourth-order valence-electron chi connectivity index (χ4n) is 1.71. The standard InChI is InChI=1S/C11H13NO2/c1-7-2-3-8(10-4-5-12-10)9(6-7)11(13)14/h2-3,6,10,12H,4-5H2,1H3,(H,13,14)/t10-/m0/s1. The number of hydrogen-bond donors (Lipinski definition) is 2. The Labute approximate surface area is 82.8 Å². The third-order valence-electron chi connectivity index (χ3n) is 2.64. The number of hydrogen-bond acceptors (Lipinski definition) is 2. The van der Waals surface area contributed by atoms with E-state index in [1.54, 1.807) is 6.07 Å². The van der Waals surface area contributed by atoms with Gasteiger partial charge in [-0.15, -0.1) is 0 Å². The third-order valence-corrected chi connectivity index (χ3v) is 2.64. The van der Waals surface area contributed by atoms with Crippen molar-refractivity contribution in [3.8, 4) is 0 Å². The maximum Gasteiger partial charge on any atom is 0.336 e. The molecule has 0 spiro atoms. The van der Waals surface area contributed by atoms with Gasteiger partial charge in [0, 0.05) is 6.04 Å². The first-order valence-corrected chi connectivity index (χ1v) is 4.75. The first-order chi connectivity index (χ1) is 6.68. The lowest BCUT2D eigenvalue weighted by Crippen LogP contribution is -2.36. The summed E-state index contributed by atoms with van der Waals surface area (Å²) in [5.41, 5.74) is 2.34. The Balaban J connectivity index is 2.41. The lowest BCUT2D eigenvalue weighted by atomic mass is 9.92. The molecule has 1 aromatic rings. The summed E-state index contributed by atoms with van der Waals surface area (Å²) < 4.78 is 0. The molecule has 3 heteroatoms. The van der Waals surface area contributed by atoms with Crippen molar-refractivity contribution in [1.29, 1.82) is 0 Å². The van der Waals surface area contributed by atoms with Crippen LogP contribution in [-0.2, 0) is 0 Å². The Bertz CT molecular complexity index is 370. The molecule has 0 amide bonds. The average Bonchev–Trinajstić information content (AvgIpc) is 2.04. The maximum atomic E-state index is 11.0. The molecule has 0 aromatic heterocycles. The van der Waals surface area contributed by atoms with E-state index in [4.69, 9.17) is 5.11 Å². The summed E-state index contributed by atoms with van der Waals surface area (Å²) >= 11 is 0. The van der Waals surface area contributed by atoms with Crippen molar-refractivity contribution in [2.75, 3.05) is 6.54 Å². The zero-order valence-corrected chi connectivity index (χ0v) is 8.08. The summed E-state index contributed by atoms with van der Waals surface area (Å²) in [6.07, 6.45) is 1.03. The first kappa shape index (κ1) is 9.21. The van der Waals surface area contributed by atoms with E-state index in [0.29, 0.717) is 5.56 Å². The second-order valence-corrected chi connectivity index (χ2v) is 3.69. The molecule has 3 nitrogen and oxygen atoms in total. The minimum absolute atomic E-state index is 0.238. The minimum atomic E-state index is -0.836. The van der Waals surface area contributed by atoms with Crippen LogP contribution in [0.15, 0.2) is 18.2 Å². The number of nitrogens with one attached hydrogen (secondary N) is 1. The molecule has 1 atom stereocenters. The van der Waals surface area contributed by atoms with Gasteiger partial charge in [0.25, 0.3) is 0 Å². The van der Waals surface area contributed by atoms with Crippen LogP contribution >= 0.6 is 0 Å². The Kier molecular flexibility index (Phi) is 2.25. The second-order valence-electron chi connectivity index (χ2n) is 3.69. The molecule has 1 aliphatic rings. The van der Waals surface area contributed by atoms with Gasteiger partial charge in [0.05, 0.1) is 5.56 Å². The molecule has 74 valence electrons. The van der Waals surface area contributed by atoms with Crippen LogP contribution in [0.4, 0.5) is 0 Å². The quantitative estimate of drug-likeness (QED) is 0.748. The number of aryl methyl sites for hydroxylation is 1. The summed E-state index contributed by atoms with van der Waals surface area (Å²) in [6.45, 7) is 2.89. The number of aromatic carboxylic acids is 1. The Morgan fingerprint density at radius 2 is 2.29 bits per heavy atom. The third kappa shape index (κ3) is 1.51. The number of rotatable bonds is 2. The van der Waals surface area contributed by atoms with Gasteiger partial charge in [-0.25, -0.2) is 4.79 Å². The molecule has 1 saturated heterocycles. The molecule has 1 aromatic carbocycles. The summed E-state index contributed by atoms with van der Waals surface area (Å²) in [4.78, 5) is 11.0. The van der Waals surface area contributed by atoms with E-state index < -0.39 is 5.97 Å². The van der Waals surface area contributed by atoms with Gasteiger partial charge in [0.2, 0.25) is 0 Å². The van der Waals surface area contributed by atoms with Crippen molar-refractivity contribution in [2.45, 2.75) is 19.4 Å². The predicted octanol–water partition coefficient (Wildman–Crippen LogP) is 1.73. The molecule has 1 aliphatic heterocycles. The fraction of sp³-hybridized carbons (Fsp3) is 0.364. The van der Waals surface area contributed by atoms with Gasteiger partial charge < -0.3 is 10.4 Å². The Morgan fingerprint density at radius 3 is 2.79 bits per heavy atom. The highest BCUT2D eigenvalue weighted by atomic mass is 16.4. The number of carboxylic acids is 1. The molecule has 2 rings (SSSR count). The van der Waals surface area contributed by atoms with Gasteiger partial charge in [0.1, 0.15) is 0 Å². The molecule has 14 heavy (non-hydrogen) atoms. The largest absolute Gasteiger partial charge is 0.478 e. The van der Waals surface area contributed by atoms with Crippen molar-refractivity contribution in [3.05, 3.63) is 34.9 Å². The Morgan fingerprint density at radius 1 is 1.57 bits per heavy atom. The molecule has 2 N–H and O–H groups in total. The van der Waals surface area contributed by atoms with Gasteiger partial charge in [-0.1, -0.05) is 17.7 Å². The van der Waals surface area contributed by atoms with Gasteiger partial charge in [-0.3, -0.25) is 0 Å². The summed E-state index contributed by atoms with van der Waals surface area (Å²) in [6, 6.07) is 5.84. The molecule has 0 radical (unpaired) electrons. The molecule has 1 heterocycles. The topological polar surface area (TPSA) is 49.3 Å². The van der Waals surface area contributed by atoms with E-state index >= 15 is 0 Å². The van der Waals surface area contributed by atoms with Crippen molar-refractivity contribution >= 4 is 5.97 Å². The fourth-order valence-corrected chi connectivity index (χ4v) is 1.71. The second kappa shape index (κ2) is 3.42. The predicted molar refractivity (Wildman–Crippen MR) is 53.5 cm³/mol. The zero-order valence-electron chi connectivity index (χ0n) is 8.08. The highest BCUT2D eigenvalue weighted by molar-refractivity contribution is 5.89. The highest BCUT2D eigenvalue weighted by Gasteiger charge is 2.23. The SMILES string of the molecule is Cc1ccc([C@@H]2CCN2)c(C(=O)O)c1. The van der Waals surface area contributed by atoms with Crippen molar-refractivity contribution in [2.24, 2.45) is 0 Å². The van der Waals surface area contributed by atoms with Crippen LogP contribution in [-0.4, -0.2) is 17.6 Å². The normalized spacial score (nSPS) is 20.2. The first-order valence-electron chi connectivity index (χ1n) is 4.75. The van der Waals surface area contributed by atoms with Crippen LogP contribution in [0.2, 0.25) is 0 Å². The summed E-state index contributed by atoms with van der Waals surface area (Å²) in [7, 11) is 0. The van der Waals surface area contributed by atoms with E-state index in [9.17, 15) is 4.79 Å². The summed E-state index contributed by atoms with van der Waals surface area (Å²) in [5.74, 6) is -0.836. The van der Waals surface area contributed by atoms with Crippen LogP contribution in [0.5, 0.6) is 0 Å². The summed E-state index contributed by atoms with van der Waals surface area (Å²) in [5, 5.41) is 12.2. The molecule has 0 bridgehead atoms. The maximum absolute atomic E-state index is 11.0. The average molecular weight is 191 g/mol. The monoisotopic (exact) mass is 191 g/mol. The van der Waals surface area contributed by atoms with Gasteiger partial charge >= 0.3 is 5.97 Å². The number of carbonyl (C=O) groups is 1. The lowest BCUT2D eigenvalue weighted by molar-refractivity contribution is 0.0694. The van der Waals surface area contributed by atoms with Crippen LogP contribution < -0.4 is 5.32 Å². The van der Waals surface area contributed by atoms with Gasteiger partial charge in [-0.05, 0) is 31.5 Å². The van der Waals surface area contributed by atoms with Crippen LogP contribution in [0.3, 0.4) is 0 Å². The molecule has 1 fully saturated rings. The van der Waals surface area contributed by atoms with E-state index in [1.807, 2.05) is 19.1 Å². The van der Waals surface area contributed by atoms with Crippen molar-refractivity contribution < 1.29 is 9.90 Å². The van der Waals surface area contributed by atoms with Gasteiger partial charge in [0.15, 0.2) is 0 Å². The van der Waals surface area contributed by atoms with Crippen LogP contribution in [0, 0.1) is 6.92 Å². The van der Waals surface area contributed by atoms with Gasteiger partial charge in [-0.2, -0.15) is 0 Å². The van der Waals surface area contributed by atoms with Crippen LogP contribution in [0.1, 0.15) is 33.9 Å². The lowest BCUT2D eigenvalue weighted by Gasteiger charge is -2.29. The van der Waals surface area contributed by atoms with E-state index in [0.717, 1.165) is 24.1 Å². The molecule has 0 aliphatic carbocycles. The van der Waals surface area contributed by atoms with E-state index in [-0.39, 0.29) is 6.04 Å². The number of benzene rings is 1. The zero-order chi connectivity index (χ0) is 10.1. The van der Waals surface area contributed by atoms with E-state index in [1.165, 1.54) is 0 Å². The molecule has 0 saturated carbocycles. The molecular weight excluding hydrogens is 178 g/mol. The highest BCUT2D eigenvalue weighted by Crippen LogP contribution is 2.26. The van der Waals surface area contributed by atoms with Crippen molar-refractivity contribution in [1.82, 2.24) is 5.32 Å². The Hall–Kier alpha value is -1.35.